The van der Waals surface area contributed by atoms with E-state index in [-0.39, 0.29) is 23.2 Å². The normalized spacial score (nSPS) is 12.8. The number of hydrogen-bond acceptors (Lipinski definition) is 4. The zero-order chi connectivity index (χ0) is 33.3. The molecule has 0 radical (unpaired) electrons. The second kappa shape index (κ2) is 13.1. The van der Waals surface area contributed by atoms with Gasteiger partial charge in [0.05, 0.1) is 13.2 Å². The van der Waals surface area contributed by atoms with Crippen molar-refractivity contribution in [3.8, 4) is 5.75 Å². The van der Waals surface area contributed by atoms with Crippen molar-refractivity contribution in [3.63, 3.8) is 0 Å². The molecule has 1 atom stereocenters. The number of carbonyl (C=O) groups excluding carboxylic acids is 2. The summed E-state index contributed by atoms with van der Waals surface area (Å²) in [6.45, 7) is 18.5. The maximum Gasteiger partial charge on any atom is 0.349 e. The summed E-state index contributed by atoms with van der Waals surface area (Å²) in [5.74, 6) is 0.131. The van der Waals surface area contributed by atoms with Crippen LogP contribution in [0.2, 0.25) is 0 Å². The van der Waals surface area contributed by atoms with Gasteiger partial charge in [0.15, 0.2) is 5.60 Å². The lowest BCUT2D eigenvalue weighted by Crippen LogP contribution is -2.39. The number of benzene rings is 3. The van der Waals surface area contributed by atoms with Crippen LogP contribution in [0.1, 0.15) is 99.7 Å². The van der Waals surface area contributed by atoms with Crippen molar-refractivity contribution >= 4 is 22.8 Å². The van der Waals surface area contributed by atoms with Crippen molar-refractivity contribution in [3.05, 3.63) is 100.0 Å². The molecule has 0 saturated heterocycles. The average molecular weight is 615 g/mol. The van der Waals surface area contributed by atoms with Gasteiger partial charge in [-0.3, -0.25) is 4.79 Å². The van der Waals surface area contributed by atoms with Gasteiger partial charge in [-0.15, -0.1) is 0 Å². The van der Waals surface area contributed by atoms with Gasteiger partial charge in [-0.05, 0) is 98.0 Å². The lowest BCUT2D eigenvalue weighted by molar-refractivity contribution is -0.156. The molecule has 0 spiro atoms. The third kappa shape index (κ3) is 7.58. The molecule has 3 aromatic carbocycles. The molecule has 0 unspecified atom stereocenters. The van der Waals surface area contributed by atoms with Crippen LogP contribution in [0.5, 0.6) is 5.75 Å². The number of esters is 1. The molecule has 0 aliphatic rings. The smallest absolute Gasteiger partial charge is 0.349 e. The Bertz CT molecular complexity index is 1710. The Kier molecular flexibility index (Phi) is 9.81. The van der Waals surface area contributed by atoms with Crippen LogP contribution in [0.3, 0.4) is 0 Å². The number of halogens is 1. The zero-order valence-corrected chi connectivity index (χ0v) is 28.3. The molecule has 6 nitrogen and oxygen atoms in total. The molecular weight excluding hydrogens is 567 g/mol. The standard InChI is InChI=1S/C38H47FN2O4/c1-23(2)22-41-25(4)31(19-26-12-11-13-29(18-26)45-38(8,9)36(43)44-10)30-16-14-28(21-34(30)41)35(42)40-24(3)27-15-17-33(39)32(20-27)37(5,6)7/h11-18,20-21,23-24H,19,22H2,1-10H3,(H,40,42)/t24-/m0/s1. The second-order valence-corrected chi connectivity index (χ2v) is 13.9. The largest absolute Gasteiger partial charge is 0.476 e. The quantitative estimate of drug-likeness (QED) is 0.182. The van der Waals surface area contributed by atoms with E-state index in [0.29, 0.717) is 29.2 Å². The summed E-state index contributed by atoms with van der Waals surface area (Å²) in [6, 6.07) is 18.4. The fourth-order valence-corrected chi connectivity index (χ4v) is 5.77. The minimum Gasteiger partial charge on any atom is -0.476 e. The van der Waals surface area contributed by atoms with Gasteiger partial charge in [0.2, 0.25) is 0 Å². The van der Waals surface area contributed by atoms with Gasteiger partial charge in [0.25, 0.3) is 5.91 Å². The monoisotopic (exact) mass is 614 g/mol. The summed E-state index contributed by atoms with van der Waals surface area (Å²) in [5, 5.41) is 4.21. The average Bonchev–Trinajstić information content (AvgIpc) is 3.21. The molecule has 0 saturated carbocycles. The van der Waals surface area contributed by atoms with Crippen molar-refractivity contribution in [1.82, 2.24) is 9.88 Å². The van der Waals surface area contributed by atoms with E-state index in [1.165, 1.54) is 18.7 Å². The van der Waals surface area contributed by atoms with E-state index < -0.39 is 11.6 Å². The van der Waals surface area contributed by atoms with Crippen LogP contribution in [0.15, 0.2) is 60.7 Å². The predicted octanol–water partition coefficient (Wildman–Crippen LogP) is 8.45. The maximum absolute atomic E-state index is 14.5. The molecule has 7 heteroatoms. The lowest BCUT2D eigenvalue weighted by Gasteiger charge is -2.23. The first-order chi connectivity index (χ1) is 21.0. The summed E-state index contributed by atoms with van der Waals surface area (Å²) in [6.07, 6.45) is 0.659. The van der Waals surface area contributed by atoms with Crippen LogP contribution in [0.4, 0.5) is 4.39 Å². The number of nitrogens with zero attached hydrogens (tertiary/aromatic N) is 1. The summed E-state index contributed by atoms with van der Waals surface area (Å²) in [5.41, 5.74) is 4.97. The number of fused-ring (bicyclic) bond motifs is 1. The van der Waals surface area contributed by atoms with Crippen molar-refractivity contribution < 1.29 is 23.5 Å². The second-order valence-electron chi connectivity index (χ2n) is 13.9. The van der Waals surface area contributed by atoms with Crippen LogP contribution in [0.25, 0.3) is 10.9 Å². The summed E-state index contributed by atoms with van der Waals surface area (Å²) in [4.78, 5) is 25.7. The van der Waals surface area contributed by atoms with Gasteiger partial charge in [0, 0.05) is 28.7 Å². The van der Waals surface area contributed by atoms with E-state index in [2.05, 4.69) is 30.7 Å². The van der Waals surface area contributed by atoms with Gasteiger partial charge in [-0.2, -0.15) is 0 Å². The first-order valence-corrected chi connectivity index (χ1v) is 15.6. The molecule has 0 aliphatic heterocycles. The van der Waals surface area contributed by atoms with Crippen molar-refractivity contribution in [1.29, 1.82) is 0 Å². The minimum atomic E-state index is -1.11. The molecule has 1 N–H and O–H groups in total. The SMILES string of the molecule is COC(=O)C(C)(C)Oc1cccc(Cc2c(C)n(CC(C)C)c3cc(C(=O)N[C@@H](C)c4ccc(F)c(C(C)(C)C)c4)ccc23)c1. The zero-order valence-electron chi connectivity index (χ0n) is 28.3. The van der Waals surface area contributed by atoms with Crippen LogP contribution in [-0.2, 0) is 27.9 Å². The first-order valence-electron chi connectivity index (χ1n) is 15.6. The molecule has 0 fully saturated rings. The third-order valence-electron chi connectivity index (χ3n) is 8.24. The maximum atomic E-state index is 14.5. The topological polar surface area (TPSA) is 69.6 Å². The molecule has 1 amide bonds. The molecule has 1 aromatic heterocycles. The van der Waals surface area contributed by atoms with Crippen molar-refractivity contribution in [2.24, 2.45) is 5.92 Å². The van der Waals surface area contributed by atoms with Gasteiger partial charge in [0.1, 0.15) is 11.6 Å². The van der Waals surface area contributed by atoms with E-state index >= 15 is 0 Å². The predicted molar refractivity (Wildman–Crippen MR) is 178 cm³/mol. The molecule has 1 heterocycles. The Morgan fingerprint density at radius 1 is 0.956 bits per heavy atom. The third-order valence-corrected chi connectivity index (χ3v) is 8.24. The van der Waals surface area contributed by atoms with E-state index in [4.69, 9.17) is 9.47 Å². The van der Waals surface area contributed by atoms with Gasteiger partial charge < -0.3 is 19.4 Å². The Morgan fingerprint density at radius 3 is 2.31 bits per heavy atom. The van der Waals surface area contributed by atoms with Crippen LogP contribution in [-0.4, -0.2) is 29.2 Å². The number of nitrogens with one attached hydrogen (secondary N) is 1. The van der Waals surface area contributed by atoms with E-state index in [9.17, 15) is 14.0 Å². The Labute approximate surface area is 266 Å². The Balaban J connectivity index is 1.65. The highest BCUT2D eigenvalue weighted by atomic mass is 19.1. The fraction of sp³-hybridized carbons (Fsp3) is 0.421. The number of methoxy groups -OCH3 is 1. The molecule has 45 heavy (non-hydrogen) atoms. The first kappa shape index (κ1) is 33.8. The molecular formula is C38H47FN2O4. The fourth-order valence-electron chi connectivity index (χ4n) is 5.77. The summed E-state index contributed by atoms with van der Waals surface area (Å²) < 4.78 is 27.7. The Hall–Kier alpha value is -4.13. The molecule has 0 aliphatic carbocycles. The number of hydrogen-bond donors (Lipinski definition) is 1. The van der Waals surface area contributed by atoms with E-state index in [1.807, 2.05) is 76.2 Å². The van der Waals surface area contributed by atoms with Crippen LogP contribution < -0.4 is 10.1 Å². The van der Waals surface area contributed by atoms with Crippen LogP contribution >= 0.6 is 0 Å². The molecule has 0 bridgehead atoms. The van der Waals surface area contributed by atoms with Gasteiger partial charge in [-0.25, -0.2) is 9.18 Å². The summed E-state index contributed by atoms with van der Waals surface area (Å²) >= 11 is 0. The highest BCUT2D eigenvalue weighted by Gasteiger charge is 2.31. The molecule has 4 aromatic rings. The Morgan fingerprint density at radius 2 is 1.67 bits per heavy atom. The van der Waals surface area contributed by atoms with E-state index in [1.54, 1.807) is 19.9 Å². The number of aromatic nitrogens is 1. The van der Waals surface area contributed by atoms with Crippen LogP contribution in [0, 0.1) is 18.7 Å². The molecule has 4 rings (SSSR count). The minimum absolute atomic E-state index is 0.180. The number of amides is 1. The van der Waals surface area contributed by atoms with Crippen molar-refractivity contribution in [2.45, 2.75) is 92.3 Å². The van der Waals surface area contributed by atoms with Gasteiger partial charge in [-0.1, -0.05) is 65.0 Å². The highest BCUT2D eigenvalue weighted by molar-refractivity contribution is 5.99. The lowest BCUT2D eigenvalue weighted by atomic mass is 9.85. The van der Waals surface area contributed by atoms with Crippen molar-refractivity contribution in [2.75, 3.05) is 7.11 Å². The summed E-state index contributed by atoms with van der Waals surface area (Å²) in [7, 11) is 1.35. The molecule has 240 valence electrons. The van der Waals surface area contributed by atoms with E-state index in [0.717, 1.165) is 34.3 Å². The number of ether oxygens (including phenoxy) is 2. The van der Waals surface area contributed by atoms with Gasteiger partial charge >= 0.3 is 5.97 Å². The number of rotatable bonds is 10. The highest BCUT2D eigenvalue weighted by Crippen LogP contribution is 2.32. The number of carbonyl (C=O) groups is 2.